The molecule has 4 fully saturated rings. The molecule has 0 amide bonds. The van der Waals surface area contributed by atoms with Gasteiger partial charge < -0.3 is 0 Å². The fourth-order valence-electron chi connectivity index (χ4n) is 4.05. The number of hydrogen-bond donors (Lipinski definition) is 0. The van der Waals surface area contributed by atoms with E-state index in [4.69, 9.17) is 0 Å². The lowest BCUT2D eigenvalue weighted by Crippen LogP contribution is -2.07. The molecule has 0 saturated heterocycles. The van der Waals surface area contributed by atoms with Crippen molar-refractivity contribution in [1.29, 1.82) is 0 Å². The van der Waals surface area contributed by atoms with E-state index in [1.807, 2.05) is 0 Å². The van der Waals surface area contributed by atoms with Crippen molar-refractivity contribution in [3.8, 4) is 0 Å². The molecule has 0 spiro atoms. The highest BCUT2D eigenvalue weighted by Crippen LogP contribution is 2.81. The summed E-state index contributed by atoms with van der Waals surface area (Å²) in [6.45, 7) is 6.41. The van der Waals surface area contributed by atoms with Crippen LogP contribution in [0.3, 0.4) is 0 Å². The minimum absolute atomic E-state index is 0.657. The number of hydrogen-bond acceptors (Lipinski definition) is 0. The highest BCUT2D eigenvalue weighted by atomic mass is 14.8. The van der Waals surface area contributed by atoms with Crippen molar-refractivity contribution in [2.24, 2.45) is 29.1 Å². The minimum Gasteiger partial charge on any atom is -0.102 e. The molecule has 0 aromatic carbocycles. The van der Waals surface area contributed by atoms with Gasteiger partial charge in [-0.05, 0) is 41.9 Å². The standard InChI is InChI=1S/C10H14/c1-3-10-6(2)7-4-8(10)9(10)5-7/h3,6-9H,1,4-5H2,2H3. The summed E-state index contributed by atoms with van der Waals surface area (Å²) in [5.74, 6) is 4.20. The van der Waals surface area contributed by atoms with Crippen LogP contribution in [0.5, 0.6) is 0 Å². The lowest BCUT2D eigenvalue weighted by atomic mass is 9.91. The summed E-state index contributed by atoms with van der Waals surface area (Å²) < 4.78 is 0. The Kier molecular flexibility index (Phi) is 0.657. The van der Waals surface area contributed by atoms with Crippen LogP contribution in [0.1, 0.15) is 19.8 Å². The van der Waals surface area contributed by atoms with Crippen molar-refractivity contribution < 1.29 is 0 Å². The second-order valence-corrected chi connectivity index (χ2v) is 4.44. The van der Waals surface area contributed by atoms with E-state index in [-0.39, 0.29) is 0 Å². The molecule has 4 rings (SSSR count). The van der Waals surface area contributed by atoms with Gasteiger partial charge in [0.05, 0.1) is 0 Å². The predicted octanol–water partition coefficient (Wildman–Crippen LogP) is 2.46. The van der Waals surface area contributed by atoms with E-state index in [2.05, 4.69) is 19.6 Å². The van der Waals surface area contributed by atoms with Crippen molar-refractivity contribution in [1.82, 2.24) is 0 Å². The third-order valence-corrected chi connectivity index (χ3v) is 4.62. The SMILES string of the molecule is C=CC12C(C)C3CC1C2C3. The summed E-state index contributed by atoms with van der Waals surface area (Å²) >= 11 is 0. The molecule has 3 unspecified atom stereocenters. The van der Waals surface area contributed by atoms with Crippen molar-refractivity contribution in [3.63, 3.8) is 0 Å². The third-order valence-electron chi connectivity index (χ3n) is 4.62. The van der Waals surface area contributed by atoms with Crippen LogP contribution in [0.2, 0.25) is 0 Å². The Morgan fingerprint density at radius 2 is 2.00 bits per heavy atom. The average molecular weight is 134 g/mol. The maximum absolute atomic E-state index is 3.98. The normalized spacial score (nSPS) is 68.5. The predicted molar refractivity (Wildman–Crippen MR) is 41.5 cm³/mol. The smallest absolute Gasteiger partial charge is 0.00301 e. The molecule has 3 atom stereocenters. The number of rotatable bonds is 1. The highest BCUT2D eigenvalue weighted by Gasteiger charge is 2.76. The van der Waals surface area contributed by atoms with E-state index in [0.717, 1.165) is 23.7 Å². The first kappa shape index (κ1) is 5.40. The molecule has 4 saturated carbocycles. The second-order valence-electron chi connectivity index (χ2n) is 4.44. The van der Waals surface area contributed by atoms with Crippen LogP contribution < -0.4 is 0 Å². The lowest BCUT2D eigenvalue weighted by molar-refractivity contribution is 0.399. The zero-order valence-corrected chi connectivity index (χ0v) is 6.51. The molecule has 10 heavy (non-hydrogen) atoms. The maximum atomic E-state index is 3.98. The topological polar surface area (TPSA) is 0 Å². The van der Waals surface area contributed by atoms with Crippen LogP contribution in [0.15, 0.2) is 12.7 Å². The quantitative estimate of drug-likeness (QED) is 0.483. The van der Waals surface area contributed by atoms with Crippen LogP contribution >= 0.6 is 0 Å². The van der Waals surface area contributed by atoms with Crippen molar-refractivity contribution in [3.05, 3.63) is 12.7 Å². The van der Waals surface area contributed by atoms with Crippen LogP contribution in [-0.2, 0) is 0 Å². The maximum Gasteiger partial charge on any atom is -0.00301 e. The van der Waals surface area contributed by atoms with Gasteiger partial charge >= 0.3 is 0 Å². The summed E-state index contributed by atoms with van der Waals surface area (Å²) in [6.07, 6.45) is 5.32. The Hall–Kier alpha value is -0.260. The van der Waals surface area contributed by atoms with Crippen LogP contribution in [0.25, 0.3) is 0 Å². The summed E-state index contributed by atoms with van der Waals surface area (Å²) in [5, 5.41) is 0. The Balaban J connectivity index is 2.11. The summed E-state index contributed by atoms with van der Waals surface area (Å²) in [5.41, 5.74) is 0.657. The Morgan fingerprint density at radius 1 is 1.40 bits per heavy atom. The molecule has 0 aromatic rings. The second kappa shape index (κ2) is 1.22. The molecule has 0 aromatic heterocycles. The third kappa shape index (κ3) is 0.291. The Bertz CT molecular complexity index is 192. The summed E-state index contributed by atoms with van der Waals surface area (Å²) in [6, 6.07) is 0. The van der Waals surface area contributed by atoms with Gasteiger partial charge in [0.25, 0.3) is 0 Å². The molecule has 0 nitrogen and oxygen atoms in total. The average Bonchev–Trinajstić information content (AvgIpc) is 2.39. The number of allylic oxidation sites excluding steroid dienone is 1. The van der Waals surface area contributed by atoms with Crippen molar-refractivity contribution in [2.75, 3.05) is 0 Å². The zero-order chi connectivity index (χ0) is 6.93. The fourth-order valence-corrected chi connectivity index (χ4v) is 4.05. The fraction of sp³-hybridized carbons (Fsp3) is 0.800. The molecule has 0 heterocycles. The zero-order valence-electron chi connectivity index (χ0n) is 6.51. The molecular weight excluding hydrogens is 120 g/mol. The molecule has 4 aliphatic carbocycles. The Labute approximate surface area is 62.3 Å². The molecular formula is C10H14. The van der Waals surface area contributed by atoms with Gasteiger partial charge in [0.2, 0.25) is 0 Å². The molecule has 4 bridgehead atoms. The van der Waals surface area contributed by atoms with E-state index in [9.17, 15) is 0 Å². The van der Waals surface area contributed by atoms with E-state index >= 15 is 0 Å². The first-order chi connectivity index (χ1) is 4.80. The van der Waals surface area contributed by atoms with Gasteiger partial charge in [-0.2, -0.15) is 0 Å². The highest BCUT2D eigenvalue weighted by molar-refractivity contribution is 5.30. The van der Waals surface area contributed by atoms with Gasteiger partial charge in [-0.15, -0.1) is 6.58 Å². The van der Waals surface area contributed by atoms with Crippen molar-refractivity contribution in [2.45, 2.75) is 19.8 Å². The lowest BCUT2D eigenvalue weighted by Gasteiger charge is -2.13. The first-order valence-electron chi connectivity index (χ1n) is 4.44. The van der Waals surface area contributed by atoms with E-state index < -0.39 is 0 Å². The van der Waals surface area contributed by atoms with Gasteiger partial charge in [0.15, 0.2) is 0 Å². The minimum atomic E-state index is 0.657. The van der Waals surface area contributed by atoms with Crippen LogP contribution in [-0.4, -0.2) is 0 Å². The van der Waals surface area contributed by atoms with Gasteiger partial charge in [0, 0.05) is 0 Å². The van der Waals surface area contributed by atoms with E-state index in [1.165, 1.54) is 12.8 Å². The van der Waals surface area contributed by atoms with Crippen LogP contribution in [0.4, 0.5) is 0 Å². The van der Waals surface area contributed by atoms with Crippen molar-refractivity contribution >= 4 is 0 Å². The first-order valence-corrected chi connectivity index (χ1v) is 4.44. The van der Waals surface area contributed by atoms with E-state index in [1.54, 1.807) is 0 Å². The molecule has 0 radical (unpaired) electrons. The van der Waals surface area contributed by atoms with Gasteiger partial charge in [-0.25, -0.2) is 0 Å². The van der Waals surface area contributed by atoms with Crippen LogP contribution in [0, 0.1) is 29.1 Å². The molecule has 4 aliphatic rings. The van der Waals surface area contributed by atoms with Gasteiger partial charge in [-0.3, -0.25) is 0 Å². The molecule has 0 heteroatoms. The Morgan fingerprint density at radius 3 is 2.20 bits per heavy atom. The monoisotopic (exact) mass is 134 g/mol. The summed E-state index contributed by atoms with van der Waals surface area (Å²) in [4.78, 5) is 0. The summed E-state index contributed by atoms with van der Waals surface area (Å²) in [7, 11) is 0. The van der Waals surface area contributed by atoms with E-state index in [0.29, 0.717) is 5.41 Å². The molecule has 0 aliphatic heterocycles. The largest absolute Gasteiger partial charge is 0.102 e. The van der Waals surface area contributed by atoms with Gasteiger partial charge in [-0.1, -0.05) is 13.0 Å². The van der Waals surface area contributed by atoms with Gasteiger partial charge in [0.1, 0.15) is 0 Å². The molecule has 0 N–H and O–H groups in total. The molecule has 54 valence electrons.